The van der Waals surface area contributed by atoms with Crippen molar-refractivity contribution in [2.45, 2.75) is 13.8 Å². The topological polar surface area (TPSA) is 83.4 Å². The number of hydrogen-bond acceptors (Lipinski definition) is 4. The molecule has 3 N–H and O–H groups in total. The summed E-state index contributed by atoms with van der Waals surface area (Å²) in [5.41, 5.74) is 6.42. The highest BCUT2D eigenvalue weighted by molar-refractivity contribution is 7.80. The minimum Gasteiger partial charge on any atom is -0.462 e. The molecule has 0 spiro atoms. The second-order valence-corrected chi connectivity index (χ2v) is 5.45. The average Bonchev–Trinajstić information content (AvgIpc) is 2.97. The first-order valence-electron chi connectivity index (χ1n) is 7.16. The predicted octanol–water partition coefficient (Wildman–Crippen LogP) is 2.25. The average molecular weight is 343 g/mol. The molecule has 0 aliphatic rings. The third-order valence-electron chi connectivity index (χ3n) is 3.00. The quantitative estimate of drug-likeness (QED) is 0.452. The Morgan fingerprint density at radius 2 is 1.75 bits per heavy atom. The van der Waals surface area contributed by atoms with Gasteiger partial charge in [0.25, 0.3) is 5.91 Å². The number of carbonyl (C=O) groups excluding carboxylic acids is 2. The maximum atomic E-state index is 11.9. The van der Waals surface area contributed by atoms with Gasteiger partial charge in [-0.25, -0.2) is 0 Å². The Kier molecular flexibility index (Phi) is 5.86. The van der Waals surface area contributed by atoms with E-state index in [1.54, 1.807) is 24.3 Å². The van der Waals surface area contributed by atoms with Crippen LogP contribution >= 0.6 is 12.2 Å². The number of thiocarbonyl (C=S) groups is 1. The minimum atomic E-state index is -0.439. The van der Waals surface area contributed by atoms with Crippen LogP contribution in [0.15, 0.2) is 46.9 Å². The molecule has 1 aromatic carbocycles. The maximum absolute atomic E-state index is 11.9. The van der Waals surface area contributed by atoms with Gasteiger partial charge >= 0.3 is 0 Å². The van der Waals surface area contributed by atoms with Crippen molar-refractivity contribution in [2.75, 3.05) is 0 Å². The van der Waals surface area contributed by atoms with Gasteiger partial charge in [0.2, 0.25) is 5.91 Å². The van der Waals surface area contributed by atoms with Gasteiger partial charge in [0.15, 0.2) is 5.11 Å². The van der Waals surface area contributed by atoms with E-state index in [1.165, 1.54) is 12.2 Å². The summed E-state index contributed by atoms with van der Waals surface area (Å²) in [7, 11) is 0. The molecule has 6 nitrogen and oxygen atoms in total. The van der Waals surface area contributed by atoms with E-state index in [-0.39, 0.29) is 11.0 Å². The normalized spacial score (nSPS) is 10.4. The molecule has 24 heavy (non-hydrogen) atoms. The van der Waals surface area contributed by atoms with Crippen molar-refractivity contribution in [2.24, 2.45) is 0 Å². The molecule has 0 fully saturated rings. The van der Waals surface area contributed by atoms with Gasteiger partial charge in [0.05, 0.1) is 0 Å². The van der Waals surface area contributed by atoms with Crippen LogP contribution in [-0.2, 0) is 4.79 Å². The monoisotopic (exact) mass is 343 g/mol. The van der Waals surface area contributed by atoms with Crippen molar-refractivity contribution in [1.82, 2.24) is 16.2 Å². The molecule has 0 unspecified atom stereocenters. The molecule has 0 bridgehead atoms. The van der Waals surface area contributed by atoms with Crippen LogP contribution in [0, 0.1) is 13.8 Å². The summed E-state index contributed by atoms with van der Waals surface area (Å²) in [5.74, 6) is 0.527. The molecule has 1 aromatic heterocycles. The Labute approximate surface area is 144 Å². The smallest absolute Gasteiger partial charge is 0.269 e. The fourth-order valence-electron chi connectivity index (χ4n) is 1.78. The molecule has 1 heterocycles. The van der Waals surface area contributed by atoms with Crippen molar-refractivity contribution in [3.63, 3.8) is 0 Å². The number of hydrazine groups is 1. The second kappa shape index (κ2) is 8.07. The lowest BCUT2D eigenvalue weighted by atomic mass is 10.1. The van der Waals surface area contributed by atoms with E-state index in [0.717, 1.165) is 11.3 Å². The zero-order valence-electron chi connectivity index (χ0n) is 13.3. The Morgan fingerprint density at radius 1 is 1.04 bits per heavy atom. The molecule has 2 amide bonds. The fourth-order valence-corrected chi connectivity index (χ4v) is 1.93. The van der Waals surface area contributed by atoms with E-state index in [4.69, 9.17) is 16.6 Å². The van der Waals surface area contributed by atoms with Crippen LogP contribution in [0.4, 0.5) is 0 Å². The largest absolute Gasteiger partial charge is 0.462 e. The van der Waals surface area contributed by atoms with Gasteiger partial charge in [-0.2, -0.15) is 0 Å². The lowest BCUT2D eigenvalue weighted by molar-refractivity contribution is -0.115. The van der Waals surface area contributed by atoms with Crippen LogP contribution in [0.3, 0.4) is 0 Å². The molecule has 0 saturated carbocycles. The van der Waals surface area contributed by atoms with Crippen molar-refractivity contribution in [1.29, 1.82) is 0 Å². The van der Waals surface area contributed by atoms with Gasteiger partial charge in [-0.3, -0.25) is 25.8 Å². The number of benzene rings is 1. The van der Waals surface area contributed by atoms with Crippen molar-refractivity contribution in [3.8, 4) is 0 Å². The standard InChI is InChI=1S/C17H17N3O3S/c1-11-3-6-13(7-4-11)16(22)19-20-17(24)18-15(21)10-9-14-8-5-12(2)23-14/h3-10H,1-2H3,(H,19,22)(H2,18,20,21,24)/b10-9+. The molecule has 7 heteroatoms. The lowest BCUT2D eigenvalue weighted by Crippen LogP contribution is -2.48. The SMILES string of the molecule is Cc1ccc(C(=O)NNC(=S)NC(=O)/C=C/c2ccc(C)o2)cc1. The summed E-state index contributed by atoms with van der Waals surface area (Å²) in [5, 5.41) is 2.40. The van der Waals surface area contributed by atoms with Crippen LogP contribution < -0.4 is 16.2 Å². The van der Waals surface area contributed by atoms with Gasteiger partial charge in [0, 0.05) is 11.6 Å². The highest BCUT2D eigenvalue weighted by atomic mass is 32.1. The summed E-state index contributed by atoms with van der Waals surface area (Å²) < 4.78 is 5.30. The first kappa shape index (κ1) is 17.4. The Balaban J connectivity index is 1.78. The van der Waals surface area contributed by atoms with Crippen LogP contribution in [0.5, 0.6) is 0 Å². The van der Waals surface area contributed by atoms with Crippen molar-refractivity contribution < 1.29 is 14.0 Å². The molecule has 2 rings (SSSR count). The Bertz CT molecular complexity index is 779. The van der Waals surface area contributed by atoms with Crippen LogP contribution in [0.1, 0.15) is 27.4 Å². The summed E-state index contributed by atoms with van der Waals surface area (Å²) in [6.45, 7) is 3.75. The van der Waals surface area contributed by atoms with Gasteiger partial charge in [0.1, 0.15) is 11.5 Å². The van der Waals surface area contributed by atoms with Crippen LogP contribution in [0.2, 0.25) is 0 Å². The number of aryl methyl sites for hydroxylation is 2. The van der Waals surface area contributed by atoms with Crippen molar-refractivity contribution >= 4 is 35.2 Å². The van der Waals surface area contributed by atoms with E-state index in [9.17, 15) is 9.59 Å². The Morgan fingerprint density at radius 3 is 2.38 bits per heavy atom. The Hall–Kier alpha value is -2.93. The maximum Gasteiger partial charge on any atom is 0.269 e. The van der Waals surface area contributed by atoms with Gasteiger partial charge in [-0.15, -0.1) is 0 Å². The van der Waals surface area contributed by atoms with Gasteiger partial charge in [-0.1, -0.05) is 17.7 Å². The molecule has 0 atom stereocenters. The van der Waals surface area contributed by atoms with E-state index in [0.29, 0.717) is 11.3 Å². The number of rotatable bonds is 3. The number of amides is 2. The molecule has 2 aromatic rings. The zero-order chi connectivity index (χ0) is 17.5. The molecular weight excluding hydrogens is 326 g/mol. The zero-order valence-corrected chi connectivity index (χ0v) is 14.1. The van der Waals surface area contributed by atoms with Gasteiger partial charge in [-0.05, 0) is 56.4 Å². The van der Waals surface area contributed by atoms with Gasteiger partial charge < -0.3 is 4.42 Å². The lowest BCUT2D eigenvalue weighted by Gasteiger charge is -2.09. The number of furan rings is 1. The third-order valence-corrected chi connectivity index (χ3v) is 3.20. The minimum absolute atomic E-state index is 0.0132. The third kappa shape index (κ3) is 5.36. The molecular formula is C17H17N3O3S. The van der Waals surface area contributed by atoms with Crippen molar-refractivity contribution in [3.05, 3.63) is 65.1 Å². The van der Waals surface area contributed by atoms with Crippen LogP contribution in [0.25, 0.3) is 6.08 Å². The molecule has 0 aliphatic carbocycles. The summed E-state index contributed by atoms with van der Waals surface area (Å²) in [6, 6.07) is 10.6. The van der Waals surface area contributed by atoms with E-state index in [1.807, 2.05) is 26.0 Å². The summed E-state index contributed by atoms with van der Waals surface area (Å²) in [4.78, 5) is 23.6. The number of nitrogens with one attached hydrogen (secondary N) is 3. The first-order valence-corrected chi connectivity index (χ1v) is 7.57. The van der Waals surface area contributed by atoms with Crippen LogP contribution in [-0.4, -0.2) is 16.9 Å². The summed E-state index contributed by atoms with van der Waals surface area (Å²) >= 11 is 4.94. The highest BCUT2D eigenvalue weighted by Gasteiger charge is 2.06. The molecule has 0 radical (unpaired) electrons. The van der Waals surface area contributed by atoms with E-state index < -0.39 is 5.91 Å². The molecule has 0 saturated heterocycles. The van der Waals surface area contributed by atoms with E-state index >= 15 is 0 Å². The molecule has 124 valence electrons. The predicted molar refractivity (Wildman–Crippen MR) is 95.0 cm³/mol. The highest BCUT2D eigenvalue weighted by Crippen LogP contribution is 2.07. The molecule has 0 aliphatic heterocycles. The first-order chi connectivity index (χ1) is 11.4. The fraction of sp³-hybridized carbons (Fsp3) is 0.118. The second-order valence-electron chi connectivity index (χ2n) is 5.05. The summed E-state index contributed by atoms with van der Waals surface area (Å²) in [6.07, 6.45) is 2.81. The number of hydrogen-bond donors (Lipinski definition) is 3. The number of carbonyl (C=O) groups is 2. The van der Waals surface area contributed by atoms with E-state index in [2.05, 4.69) is 16.2 Å².